The molecule has 1 atom stereocenters. The summed E-state index contributed by atoms with van der Waals surface area (Å²) in [5.74, 6) is -0.535. The lowest BCUT2D eigenvalue weighted by atomic mass is 9.94. The van der Waals surface area contributed by atoms with Crippen LogP contribution in [0.5, 0.6) is 17.2 Å². The van der Waals surface area contributed by atoms with E-state index in [0.29, 0.717) is 34.1 Å². The van der Waals surface area contributed by atoms with E-state index in [0.717, 1.165) is 5.56 Å². The van der Waals surface area contributed by atoms with Crippen LogP contribution in [0.25, 0.3) is 0 Å². The van der Waals surface area contributed by atoms with Crippen LogP contribution in [0.4, 0.5) is 5.69 Å². The summed E-state index contributed by atoms with van der Waals surface area (Å²) >= 11 is 0. The van der Waals surface area contributed by atoms with Gasteiger partial charge in [-0.25, -0.2) is 5.43 Å². The van der Waals surface area contributed by atoms with Crippen molar-refractivity contribution in [3.63, 3.8) is 0 Å². The normalized spacial score (nSPS) is 11.5. The Kier molecular flexibility index (Phi) is 9.83. The van der Waals surface area contributed by atoms with Gasteiger partial charge in [-0.05, 0) is 60.0 Å². The maximum atomic E-state index is 12.8. The molecule has 0 radical (unpaired) electrons. The number of anilines is 1. The van der Waals surface area contributed by atoms with Crippen molar-refractivity contribution in [1.29, 1.82) is 5.26 Å². The van der Waals surface area contributed by atoms with Gasteiger partial charge in [-0.2, -0.15) is 10.4 Å². The molecule has 196 valence electrons. The van der Waals surface area contributed by atoms with Gasteiger partial charge in [0.2, 0.25) is 5.91 Å². The van der Waals surface area contributed by atoms with Crippen LogP contribution in [0.15, 0.2) is 71.8 Å². The van der Waals surface area contributed by atoms with Crippen LogP contribution in [0.3, 0.4) is 0 Å². The fraction of sp³-hybridized carbons (Fsp3) is 0.241. The molecule has 38 heavy (non-hydrogen) atoms. The van der Waals surface area contributed by atoms with E-state index in [-0.39, 0.29) is 12.5 Å². The number of benzene rings is 3. The van der Waals surface area contributed by atoms with E-state index >= 15 is 0 Å². The Hall–Kier alpha value is -4.84. The van der Waals surface area contributed by atoms with E-state index in [1.807, 2.05) is 12.1 Å². The molecule has 0 bridgehead atoms. The minimum absolute atomic E-state index is 0.207. The Balaban J connectivity index is 1.62. The number of ether oxygens (including phenoxy) is 3. The van der Waals surface area contributed by atoms with Crippen molar-refractivity contribution in [2.45, 2.75) is 20.5 Å². The predicted octanol–water partition coefficient (Wildman–Crippen LogP) is 4.52. The van der Waals surface area contributed by atoms with Gasteiger partial charge < -0.3 is 19.5 Å². The summed E-state index contributed by atoms with van der Waals surface area (Å²) < 4.78 is 16.4. The third-order valence-electron chi connectivity index (χ3n) is 5.69. The Labute approximate surface area is 222 Å². The molecular weight excluding hydrogens is 484 g/mol. The van der Waals surface area contributed by atoms with Gasteiger partial charge in [-0.1, -0.05) is 32.0 Å². The lowest BCUT2D eigenvalue weighted by Crippen LogP contribution is -2.39. The number of nitriles is 1. The molecule has 0 saturated heterocycles. The highest BCUT2D eigenvalue weighted by Gasteiger charge is 2.30. The molecule has 3 rings (SSSR count). The van der Waals surface area contributed by atoms with Gasteiger partial charge in [0.15, 0.2) is 11.5 Å². The molecule has 0 fully saturated rings. The molecule has 0 saturated carbocycles. The molecular formula is C29H30N4O5. The van der Waals surface area contributed by atoms with Crippen LogP contribution < -0.4 is 25.0 Å². The molecule has 0 aliphatic heterocycles. The number of amides is 2. The highest BCUT2D eigenvalue weighted by Crippen LogP contribution is 2.28. The summed E-state index contributed by atoms with van der Waals surface area (Å²) in [6, 6.07) is 21.4. The summed E-state index contributed by atoms with van der Waals surface area (Å²) in [5, 5.41) is 16.0. The van der Waals surface area contributed by atoms with Gasteiger partial charge in [-0.15, -0.1) is 0 Å². The van der Waals surface area contributed by atoms with Crippen molar-refractivity contribution in [2.75, 3.05) is 19.5 Å². The van der Waals surface area contributed by atoms with Crippen LogP contribution >= 0.6 is 0 Å². The SMILES string of the molecule is COc1ccc(NC(=O)C(C(=O)NN=Cc2ccc(OCc3ccccc3C#N)c(OC)c2)C(C)C)cc1. The number of nitrogens with one attached hydrogen (secondary N) is 2. The second-order valence-electron chi connectivity index (χ2n) is 8.64. The fourth-order valence-corrected chi connectivity index (χ4v) is 3.65. The van der Waals surface area contributed by atoms with Gasteiger partial charge in [0.25, 0.3) is 5.91 Å². The van der Waals surface area contributed by atoms with Gasteiger partial charge in [0.1, 0.15) is 18.3 Å². The lowest BCUT2D eigenvalue weighted by molar-refractivity contribution is -0.134. The van der Waals surface area contributed by atoms with Gasteiger partial charge in [0.05, 0.1) is 32.1 Å². The zero-order valence-corrected chi connectivity index (χ0v) is 21.7. The summed E-state index contributed by atoms with van der Waals surface area (Å²) in [4.78, 5) is 25.6. The highest BCUT2D eigenvalue weighted by molar-refractivity contribution is 6.06. The molecule has 2 N–H and O–H groups in total. The van der Waals surface area contributed by atoms with Crippen molar-refractivity contribution in [3.8, 4) is 23.3 Å². The Morgan fingerprint density at radius 1 is 0.974 bits per heavy atom. The maximum absolute atomic E-state index is 12.8. The quantitative estimate of drug-likeness (QED) is 0.220. The lowest BCUT2D eigenvalue weighted by Gasteiger charge is -2.18. The molecule has 3 aromatic rings. The van der Waals surface area contributed by atoms with E-state index in [1.165, 1.54) is 13.3 Å². The molecule has 0 aliphatic rings. The minimum Gasteiger partial charge on any atom is -0.497 e. The zero-order valence-electron chi connectivity index (χ0n) is 21.7. The zero-order chi connectivity index (χ0) is 27.5. The molecule has 0 aliphatic carbocycles. The highest BCUT2D eigenvalue weighted by atomic mass is 16.5. The van der Waals surface area contributed by atoms with Gasteiger partial charge >= 0.3 is 0 Å². The van der Waals surface area contributed by atoms with Crippen molar-refractivity contribution < 1.29 is 23.8 Å². The second-order valence-corrected chi connectivity index (χ2v) is 8.64. The molecule has 2 amide bonds. The Morgan fingerprint density at radius 2 is 1.71 bits per heavy atom. The second kappa shape index (κ2) is 13.5. The minimum atomic E-state index is -0.948. The number of hydrogen-bond donors (Lipinski definition) is 2. The average Bonchev–Trinajstić information content (AvgIpc) is 2.92. The van der Waals surface area contributed by atoms with Crippen LogP contribution in [0, 0.1) is 23.2 Å². The van der Waals surface area contributed by atoms with E-state index in [2.05, 4.69) is 21.9 Å². The number of methoxy groups -OCH3 is 2. The van der Waals surface area contributed by atoms with Crippen LogP contribution in [0.2, 0.25) is 0 Å². The monoisotopic (exact) mass is 514 g/mol. The third-order valence-corrected chi connectivity index (χ3v) is 5.69. The Morgan fingerprint density at radius 3 is 2.37 bits per heavy atom. The van der Waals surface area contributed by atoms with Crippen molar-refractivity contribution >= 4 is 23.7 Å². The smallest absolute Gasteiger partial charge is 0.252 e. The van der Waals surface area contributed by atoms with Gasteiger partial charge in [-0.3, -0.25) is 9.59 Å². The number of rotatable bonds is 11. The largest absolute Gasteiger partial charge is 0.497 e. The predicted molar refractivity (Wildman–Crippen MR) is 144 cm³/mol. The van der Waals surface area contributed by atoms with Crippen molar-refractivity contribution in [3.05, 3.63) is 83.4 Å². The number of carbonyl (C=O) groups is 2. The van der Waals surface area contributed by atoms with Gasteiger partial charge in [0, 0.05) is 11.3 Å². The maximum Gasteiger partial charge on any atom is 0.252 e. The molecule has 0 spiro atoms. The molecule has 0 aromatic heterocycles. The topological polar surface area (TPSA) is 122 Å². The molecule has 9 nitrogen and oxygen atoms in total. The first-order valence-corrected chi connectivity index (χ1v) is 11.9. The average molecular weight is 515 g/mol. The third kappa shape index (κ3) is 7.34. The summed E-state index contributed by atoms with van der Waals surface area (Å²) in [5.41, 5.74) is 4.97. The standard InChI is InChI=1S/C29H30N4O5/c1-19(2)27(28(34)32-23-10-12-24(36-3)13-11-23)29(35)33-31-17-20-9-14-25(26(15-20)37-4)38-18-22-8-6-5-7-21(22)16-30/h5-15,17,19,27H,18H2,1-4H3,(H,32,34)(H,33,35). The number of hydrogen-bond acceptors (Lipinski definition) is 7. The molecule has 3 aromatic carbocycles. The van der Waals surface area contributed by atoms with Crippen LogP contribution in [-0.2, 0) is 16.2 Å². The van der Waals surface area contributed by atoms with Crippen molar-refractivity contribution in [1.82, 2.24) is 5.43 Å². The van der Waals surface area contributed by atoms with Crippen LogP contribution in [0.1, 0.15) is 30.5 Å². The number of nitrogens with zero attached hydrogens (tertiary/aromatic N) is 2. The summed E-state index contributed by atoms with van der Waals surface area (Å²) in [7, 11) is 3.08. The Bertz CT molecular complexity index is 1330. The van der Waals surface area contributed by atoms with E-state index < -0.39 is 17.7 Å². The number of carbonyl (C=O) groups excluding carboxylic acids is 2. The first-order chi connectivity index (χ1) is 18.4. The molecule has 1 unspecified atom stereocenters. The summed E-state index contributed by atoms with van der Waals surface area (Å²) in [6.45, 7) is 3.79. The van der Waals surface area contributed by atoms with Crippen molar-refractivity contribution in [2.24, 2.45) is 16.9 Å². The van der Waals surface area contributed by atoms with E-state index in [9.17, 15) is 14.9 Å². The molecule has 9 heteroatoms. The number of hydrazone groups is 1. The van der Waals surface area contributed by atoms with E-state index in [1.54, 1.807) is 75.6 Å². The van der Waals surface area contributed by atoms with Crippen LogP contribution in [-0.4, -0.2) is 32.2 Å². The summed E-state index contributed by atoms with van der Waals surface area (Å²) in [6.07, 6.45) is 1.45. The first kappa shape index (κ1) is 27.7. The van der Waals surface area contributed by atoms with E-state index in [4.69, 9.17) is 14.2 Å². The first-order valence-electron chi connectivity index (χ1n) is 11.9. The molecule has 0 heterocycles. The fourth-order valence-electron chi connectivity index (χ4n) is 3.65.